The Morgan fingerprint density at radius 1 is 1.24 bits per heavy atom. The van der Waals surface area contributed by atoms with E-state index in [-0.39, 0.29) is 17.9 Å². The third-order valence-corrected chi connectivity index (χ3v) is 6.03. The third kappa shape index (κ3) is 9.60. The van der Waals surface area contributed by atoms with Crippen molar-refractivity contribution in [3.8, 4) is 0 Å². The van der Waals surface area contributed by atoms with Crippen molar-refractivity contribution in [2.24, 2.45) is 4.99 Å². The molecule has 1 atom stereocenters. The summed E-state index contributed by atoms with van der Waals surface area (Å²) in [5.41, 5.74) is 2.40. The minimum atomic E-state index is -2.96. The second-order valence-corrected chi connectivity index (χ2v) is 10.2. The maximum atomic E-state index is 11.3. The Hall–Kier alpha value is -1.64. The average molecular weight is 425 g/mol. The molecule has 3 N–H and O–H groups in total. The molecule has 1 aliphatic heterocycles. The summed E-state index contributed by atoms with van der Waals surface area (Å²) in [6.07, 6.45) is 3.38. The zero-order valence-electron chi connectivity index (χ0n) is 17.9. The van der Waals surface area contributed by atoms with Crippen LogP contribution < -0.4 is 10.6 Å². The normalized spacial score (nSPS) is 17.9. The molecule has 1 aliphatic rings. The summed E-state index contributed by atoms with van der Waals surface area (Å²) in [5.74, 6) is 0.863. The van der Waals surface area contributed by atoms with Gasteiger partial charge in [0.2, 0.25) is 0 Å². The van der Waals surface area contributed by atoms with Crippen LogP contribution in [0.15, 0.2) is 29.3 Å². The number of sulfone groups is 1. The van der Waals surface area contributed by atoms with Crippen LogP contribution in [0.2, 0.25) is 0 Å². The second kappa shape index (κ2) is 11.5. The van der Waals surface area contributed by atoms with E-state index < -0.39 is 9.84 Å². The Balaban J connectivity index is 1.86. The molecule has 0 radical (unpaired) electrons. The molecule has 1 unspecified atom stereocenters. The summed E-state index contributed by atoms with van der Waals surface area (Å²) in [6.45, 7) is 8.08. The summed E-state index contributed by atoms with van der Waals surface area (Å²) in [6, 6.07) is 8.52. The zero-order valence-corrected chi connectivity index (χ0v) is 18.7. The van der Waals surface area contributed by atoms with Gasteiger partial charge < -0.3 is 15.7 Å². The highest BCUT2D eigenvalue weighted by Gasteiger charge is 2.16. The fraction of sp³-hybridized carbons (Fsp3) is 0.667. The minimum Gasteiger partial charge on any atom is -0.393 e. The number of hydrogen-bond donors (Lipinski definition) is 3. The van der Waals surface area contributed by atoms with Crippen molar-refractivity contribution in [3.05, 3.63) is 35.4 Å². The lowest BCUT2D eigenvalue weighted by molar-refractivity contribution is 0.0792. The molecule has 0 spiro atoms. The van der Waals surface area contributed by atoms with Crippen LogP contribution in [-0.4, -0.2) is 68.2 Å². The van der Waals surface area contributed by atoms with Crippen molar-refractivity contribution in [2.75, 3.05) is 31.6 Å². The van der Waals surface area contributed by atoms with Crippen LogP contribution in [0.5, 0.6) is 0 Å². The van der Waals surface area contributed by atoms with Gasteiger partial charge in [0.05, 0.1) is 18.4 Å². The molecule has 0 amide bonds. The number of hydrogen-bond acceptors (Lipinski definition) is 5. The summed E-state index contributed by atoms with van der Waals surface area (Å²) >= 11 is 0. The molecule has 1 aromatic rings. The summed E-state index contributed by atoms with van der Waals surface area (Å²) < 4.78 is 22.7. The van der Waals surface area contributed by atoms with Gasteiger partial charge in [-0.05, 0) is 44.2 Å². The van der Waals surface area contributed by atoms with Crippen LogP contribution >= 0.6 is 0 Å². The molecule has 2 rings (SSSR count). The van der Waals surface area contributed by atoms with Gasteiger partial charge in [-0.25, -0.2) is 13.4 Å². The van der Waals surface area contributed by atoms with Crippen LogP contribution in [0, 0.1) is 0 Å². The Kier molecular flexibility index (Phi) is 9.39. The van der Waals surface area contributed by atoms with Crippen molar-refractivity contribution in [1.82, 2.24) is 15.5 Å². The number of aliphatic hydroxyl groups excluding tert-OH is 1. The average Bonchev–Trinajstić information content (AvgIpc) is 2.67. The Labute approximate surface area is 175 Å². The van der Waals surface area contributed by atoms with E-state index in [0.717, 1.165) is 44.6 Å². The highest BCUT2D eigenvalue weighted by Crippen LogP contribution is 2.14. The molecule has 0 saturated carbocycles. The lowest BCUT2D eigenvalue weighted by Crippen LogP contribution is -2.42. The highest BCUT2D eigenvalue weighted by molar-refractivity contribution is 7.90. The summed E-state index contributed by atoms with van der Waals surface area (Å²) in [4.78, 5) is 7.01. The van der Waals surface area contributed by atoms with Gasteiger partial charge in [0, 0.05) is 38.5 Å². The van der Waals surface area contributed by atoms with Crippen LogP contribution in [-0.2, 0) is 22.9 Å². The molecule has 0 aromatic heterocycles. The number of aliphatic imine (C=N–C) groups is 1. The van der Waals surface area contributed by atoms with E-state index >= 15 is 0 Å². The van der Waals surface area contributed by atoms with Crippen molar-refractivity contribution < 1.29 is 13.5 Å². The SMILES string of the molecule is CCNC(=NCc1ccc(CN2CCC(O)CC2)cc1)NC(C)CCS(C)(=O)=O. The van der Waals surface area contributed by atoms with Crippen molar-refractivity contribution in [1.29, 1.82) is 0 Å². The van der Waals surface area contributed by atoms with Gasteiger partial charge >= 0.3 is 0 Å². The monoisotopic (exact) mass is 424 g/mol. The maximum absolute atomic E-state index is 11.3. The molecule has 0 bridgehead atoms. The first-order valence-corrected chi connectivity index (χ1v) is 12.5. The van der Waals surface area contributed by atoms with Gasteiger partial charge in [-0.15, -0.1) is 0 Å². The van der Waals surface area contributed by atoms with Gasteiger partial charge in [-0.1, -0.05) is 24.3 Å². The zero-order chi connectivity index (χ0) is 21.3. The summed E-state index contributed by atoms with van der Waals surface area (Å²) in [5, 5.41) is 16.1. The Morgan fingerprint density at radius 2 is 1.86 bits per heavy atom. The van der Waals surface area contributed by atoms with E-state index in [1.807, 2.05) is 13.8 Å². The first-order valence-electron chi connectivity index (χ1n) is 10.5. The molecular formula is C21H36N4O3S. The van der Waals surface area contributed by atoms with Gasteiger partial charge in [0.15, 0.2) is 5.96 Å². The number of guanidine groups is 1. The molecule has 1 aromatic carbocycles. The fourth-order valence-electron chi connectivity index (χ4n) is 3.27. The topological polar surface area (TPSA) is 94.0 Å². The van der Waals surface area contributed by atoms with E-state index in [0.29, 0.717) is 18.9 Å². The molecule has 8 heteroatoms. The van der Waals surface area contributed by atoms with Gasteiger partial charge in [0.25, 0.3) is 0 Å². The molecule has 0 aliphatic carbocycles. The van der Waals surface area contributed by atoms with E-state index in [1.165, 1.54) is 11.8 Å². The number of piperidine rings is 1. The first-order chi connectivity index (χ1) is 13.7. The lowest BCUT2D eigenvalue weighted by atomic mass is 10.1. The number of rotatable bonds is 9. The molecule has 29 heavy (non-hydrogen) atoms. The van der Waals surface area contributed by atoms with Crippen LogP contribution in [0.4, 0.5) is 0 Å². The van der Waals surface area contributed by atoms with Gasteiger partial charge in [-0.2, -0.15) is 0 Å². The van der Waals surface area contributed by atoms with E-state index in [2.05, 4.69) is 44.8 Å². The molecular weight excluding hydrogens is 388 g/mol. The fourth-order valence-corrected chi connectivity index (χ4v) is 4.05. The maximum Gasteiger partial charge on any atom is 0.191 e. The number of nitrogens with one attached hydrogen (secondary N) is 2. The van der Waals surface area contributed by atoms with Crippen LogP contribution in [0.25, 0.3) is 0 Å². The highest BCUT2D eigenvalue weighted by atomic mass is 32.2. The van der Waals surface area contributed by atoms with Crippen molar-refractivity contribution in [2.45, 2.75) is 58.3 Å². The quantitative estimate of drug-likeness (QED) is 0.411. The smallest absolute Gasteiger partial charge is 0.191 e. The number of likely N-dealkylation sites (tertiary alicyclic amines) is 1. The van der Waals surface area contributed by atoms with Gasteiger partial charge in [0.1, 0.15) is 9.84 Å². The second-order valence-electron chi connectivity index (χ2n) is 7.98. The van der Waals surface area contributed by atoms with Crippen LogP contribution in [0.3, 0.4) is 0 Å². The number of nitrogens with zero attached hydrogens (tertiary/aromatic N) is 2. The van der Waals surface area contributed by atoms with E-state index in [9.17, 15) is 13.5 Å². The third-order valence-electron chi connectivity index (χ3n) is 5.05. The molecule has 7 nitrogen and oxygen atoms in total. The Morgan fingerprint density at radius 3 is 2.45 bits per heavy atom. The number of benzene rings is 1. The molecule has 1 fully saturated rings. The van der Waals surface area contributed by atoms with Crippen molar-refractivity contribution >= 4 is 15.8 Å². The standard InChI is InChI=1S/C21H36N4O3S/c1-4-22-21(24-17(2)11-14-29(3,27)28)23-15-18-5-7-19(8-6-18)16-25-12-9-20(26)10-13-25/h5-8,17,20,26H,4,9-16H2,1-3H3,(H2,22,23,24). The summed E-state index contributed by atoms with van der Waals surface area (Å²) in [7, 11) is -2.96. The van der Waals surface area contributed by atoms with Crippen molar-refractivity contribution in [3.63, 3.8) is 0 Å². The molecule has 1 saturated heterocycles. The number of aliphatic hydroxyl groups is 1. The minimum absolute atomic E-state index is 0.0213. The van der Waals surface area contributed by atoms with Gasteiger partial charge in [-0.3, -0.25) is 4.90 Å². The molecule has 164 valence electrons. The largest absolute Gasteiger partial charge is 0.393 e. The Bertz CT molecular complexity index is 742. The van der Waals surface area contributed by atoms with E-state index in [1.54, 1.807) is 0 Å². The predicted octanol–water partition coefficient (Wildman–Crippen LogP) is 1.52. The van der Waals surface area contributed by atoms with Crippen LogP contribution in [0.1, 0.15) is 44.2 Å². The van der Waals surface area contributed by atoms with E-state index in [4.69, 9.17) is 0 Å². The lowest BCUT2D eigenvalue weighted by Gasteiger charge is -2.29. The predicted molar refractivity (Wildman–Crippen MR) is 119 cm³/mol. The molecule has 1 heterocycles. The first kappa shape index (κ1) is 23.6.